The zero-order valence-corrected chi connectivity index (χ0v) is 11.8. The van der Waals surface area contributed by atoms with Crippen LogP contribution in [0, 0.1) is 5.92 Å². The Morgan fingerprint density at radius 2 is 2.00 bits per heavy atom. The average Bonchev–Trinajstić information content (AvgIpc) is 2.29. The molecule has 1 aliphatic rings. The number of nitrogens with zero attached hydrogens (tertiary/aromatic N) is 1. The Morgan fingerprint density at radius 3 is 2.50 bits per heavy atom. The van der Waals surface area contributed by atoms with Crippen LogP contribution in [0.2, 0.25) is 0 Å². The predicted molar refractivity (Wildman–Crippen MR) is 68.6 cm³/mol. The van der Waals surface area contributed by atoms with Gasteiger partial charge in [-0.2, -0.15) is 0 Å². The van der Waals surface area contributed by atoms with Gasteiger partial charge in [0.25, 0.3) is 0 Å². The lowest BCUT2D eigenvalue weighted by atomic mass is 9.98. The summed E-state index contributed by atoms with van der Waals surface area (Å²) < 4.78 is 30.0. The number of esters is 1. The molecule has 1 saturated heterocycles. The van der Waals surface area contributed by atoms with Crippen molar-refractivity contribution in [3.63, 3.8) is 0 Å². The van der Waals surface area contributed by atoms with E-state index in [1.54, 1.807) is 6.92 Å². The SMILES string of the molecule is CCOC(=O)CS(=O)(=O)N1CCC(CNC)CC1. The van der Waals surface area contributed by atoms with Gasteiger partial charge >= 0.3 is 5.97 Å². The zero-order chi connectivity index (χ0) is 13.6. The van der Waals surface area contributed by atoms with Gasteiger partial charge in [0.1, 0.15) is 0 Å². The van der Waals surface area contributed by atoms with E-state index in [4.69, 9.17) is 0 Å². The fourth-order valence-electron chi connectivity index (χ4n) is 2.12. The highest BCUT2D eigenvalue weighted by molar-refractivity contribution is 7.89. The van der Waals surface area contributed by atoms with Gasteiger partial charge in [0, 0.05) is 13.1 Å². The van der Waals surface area contributed by atoms with Crippen molar-refractivity contribution < 1.29 is 17.9 Å². The van der Waals surface area contributed by atoms with Gasteiger partial charge in [0.2, 0.25) is 10.0 Å². The molecule has 1 N–H and O–H groups in total. The molecule has 0 aromatic carbocycles. The predicted octanol–water partition coefficient (Wildman–Crippen LogP) is -0.189. The van der Waals surface area contributed by atoms with Gasteiger partial charge < -0.3 is 10.1 Å². The topological polar surface area (TPSA) is 75.7 Å². The second kappa shape index (κ2) is 7.06. The molecule has 0 spiro atoms. The third-order valence-electron chi connectivity index (χ3n) is 3.07. The number of nitrogens with one attached hydrogen (secondary N) is 1. The highest BCUT2D eigenvalue weighted by Gasteiger charge is 2.29. The van der Waals surface area contributed by atoms with Gasteiger partial charge in [-0.3, -0.25) is 4.79 Å². The molecule has 1 rings (SSSR count). The smallest absolute Gasteiger partial charge is 0.322 e. The van der Waals surface area contributed by atoms with Gasteiger partial charge in [0.15, 0.2) is 5.75 Å². The number of rotatable bonds is 6. The molecule has 0 aromatic heterocycles. The quantitative estimate of drug-likeness (QED) is 0.682. The number of hydrogen-bond donors (Lipinski definition) is 1. The fraction of sp³-hybridized carbons (Fsp3) is 0.909. The van der Waals surface area contributed by atoms with Crippen molar-refractivity contribution in [1.29, 1.82) is 0 Å². The van der Waals surface area contributed by atoms with Crippen molar-refractivity contribution in [2.75, 3.05) is 39.0 Å². The summed E-state index contributed by atoms with van der Waals surface area (Å²) in [5, 5.41) is 3.10. The minimum atomic E-state index is -3.50. The van der Waals surface area contributed by atoms with Crippen molar-refractivity contribution >= 4 is 16.0 Å². The molecule has 0 bridgehead atoms. The third kappa shape index (κ3) is 4.55. The van der Waals surface area contributed by atoms with Crippen LogP contribution in [0.15, 0.2) is 0 Å². The highest BCUT2D eigenvalue weighted by Crippen LogP contribution is 2.19. The van der Waals surface area contributed by atoms with Crippen LogP contribution in [0.5, 0.6) is 0 Å². The molecule has 0 radical (unpaired) electrons. The normalized spacial score (nSPS) is 18.8. The standard InChI is InChI=1S/C11H22N2O4S/c1-3-17-11(14)9-18(15,16)13-6-4-10(5-7-13)8-12-2/h10,12H,3-9H2,1-2H3. The summed E-state index contributed by atoms with van der Waals surface area (Å²) in [6, 6.07) is 0. The second-order valence-electron chi connectivity index (χ2n) is 4.46. The summed E-state index contributed by atoms with van der Waals surface area (Å²) in [5.41, 5.74) is 0. The molecule has 18 heavy (non-hydrogen) atoms. The lowest BCUT2D eigenvalue weighted by molar-refractivity contribution is -0.140. The van der Waals surface area contributed by atoms with Gasteiger partial charge in [-0.05, 0) is 39.3 Å². The lowest BCUT2D eigenvalue weighted by Gasteiger charge is -2.30. The van der Waals surface area contributed by atoms with E-state index in [-0.39, 0.29) is 6.61 Å². The number of carbonyl (C=O) groups is 1. The van der Waals surface area contributed by atoms with Crippen LogP contribution in [0.25, 0.3) is 0 Å². The molecule has 106 valence electrons. The van der Waals surface area contributed by atoms with Crippen LogP contribution in [0.4, 0.5) is 0 Å². The first-order valence-corrected chi connectivity index (χ1v) is 7.88. The number of hydrogen-bond acceptors (Lipinski definition) is 5. The van der Waals surface area contributed by atoms with E-state index in [0.717, 1.165) is 19.4 Å². The van der Waals surface area contributed by atoms with E-state index in [1.165, 1.54) is 4.31 Å². The Labute approximate surface area is 109 Å². The molecule has 0 aliphatic carbocycles. The van der Waals surface area contributed by atoms with Gasteiger partial charge in [-0.25, -0.2) is 12.7 Å². The van der Waals surface area contributed by atoms with Crippen LogP contribution < -0.4 is 5.32 Å². The summed E-state index contributed by atoms with van der Waals surface area (Å²) in [4.78, 5) is 11.2. The zero-order valence-electron chi connectivity index (χ0n) is 11.0. The summed E-state index contributed by atoms with van der Waals surface area (Å²) in [5.74, 6) is -0.698. The molecule has 1 heterocycles. The summed E-state index contributed by atoms with van der Waals surface area (Å²) >= 11 is 0. The molecular weight excluding hydrogens is 256 g/mol. The maximum Gasteiger partial charge on any atom is 0.322 e. The minimum Gasteiger partial charge on any atom is -0.465 e. The first-order chi connectivity index (χ1) is 8.49. The molecule has 1 aliphatic heterocycles. The molecule has 0 atom stereocenters. The Kier molecular flexibility index (Phi) is 6.04. The second-order valence-corrected chi connectivity index (χ2v) is 6.43. The number of piperidine rings is 1. The molecule has 6 nitrogen and oxygen atoms in total. The van der Waals surface area contributed by atoms with Crippen molar-refractivity contribution in [1.82, 2.24) is 9.62 Å². The van der Waals surface area contributed by atoms with Gasteiger partial charge in [-0.1, -0.05) is 0 Å². The molecule has 7 heteroatoms. The molecule has 0 unspecified atom stereocenters. The van der Waals surface area contributed by atoms with E-state index >= 15 is 0 Å². The van der Waals surface area contributed by atoms with Crippen molar-refractivity contribution in [3.8, 4) is 0 Å². The third-order valence-corrected chi connectivity index (χ3v) is 4.82. The van der Waals surface area contributed by atoms with E-state index in [1.807, 2.05) is 7.05 Å². The van der Waals surface area contributed by atoms with Crippen molar-refractivity contribution in [3.05, 3.63) is 0 Å². The largest absolute Gasteiger partial charge is 0.465 e. The summed E-state index contributed by atoms with van der Waals surface area (Å²) in [6.07, 6.45) is 1.67. The maximum absolute atomic E-state index is 11.9. The highest BCUT2D eigenvalue weighted by atomic mass is 32.2. The maximum atomic E-state index is 11.9. The number of carbonyl (C=O) groups excluding carboxylic acids is 1. The van der Waals surface area contributed by atoms with Crippen LogP contribution in [-0.2, 0) is 19.6 Å². The van der Waals surface area contributed by atoms with Crippen molar-refractivity contribution in [2.45, 2.75) is 19.8 Å². The Hall–Kier alpha value is -0.660. The van der Waals surface area contributed by atoms with Crippen LogP contribution in [-0.4, -0.2) is 57.7 Å². The summed E-state index contributed by atoms with van der Waals surface area (Å²) in [6.45, 7) is 3.76. The Balaban J connectivity index is 2.47. The van der Waals surface area contributed by atoms with Crippen LogP contribution >= 0.6 is 0 Å². The molecular formula is C11H22N2O4S. The van der Waals surface area contributed by atoms with E-state index in [0.29, 0.717) is 19.0 Å². The fourth-order valence-corrected chi connectivity index (χ4v) is 3.45. The van der Waals surface area contributed by atoms with Crippen LogP contribution in [0.3, 0.4) is 0 Å². The van der Waals surface area contributed by atoms with Crippen LogP contribution in [0.1, 0.15) is 19.8 Å². The molecule has 0 saturated carbocycles. The number of ether oxygens (including phenoxy) is 1. The number of sulfonamides is 1. The summed E-state index contributed by atoms with van der Waals surface area (Å²) in [7, 11) is -1.61. The first-order valence-electron chi connectivity index (χ1n) is 6.27. The first kappa shape index (κ1) is 15.4. The Bertz CT molecular complexity index is 361. The Morgan fingerprint density at radius 1 is 1.39 bits per heavy atom. The minimum absolute atomic E-state index is 0.207. The van der Waals surface area contributed by atoms with E-state index in [2.05, 4.69) is 10.1 Å². The van der Waals surface area contributed by atoms with E-state index < -0.39 is 21.7 Å². The molecule has 0 amide bonds. The molecule has 1 fully saturated rings. The lowest BCUT2D eigenvalue weighted by Crippen LogP contribution is -2.42. The van der Waals surface area contributed by atoms with Gasteiger partial charge in [0.05, 0.1) is 6.61 Å². The van der Waals surface area contributed by atoms with E-state index in [9.17, 15) is 13.2 Å². The van der Waals surface area contributed by atoms with Gasteiger partial charge in [-0.15, -0.1) is 0 Å². The average molecular weight is 278 g/mol. The van der Waals surface area contributed by atoms with Crippen molar-refractivity contribution in [2.24, 2.45) is 5.92 Å². The molecule has 0 aromatic rings. The monoisotopic (exact) mass is 278 g/mol.